The molecule has 0 amide bonds. The molecule has 1 aromatic rings. The van der Waals surface area contributed by atoms with Crippen LogP contribution in [0, 0.1) is 5.41 Å². The van der Waals surface area contributed by atoms with Crippen molar-refractivity contribution in [3.8, 4) is 0 Å². The number of methoxy groups -OCH3 is 1. The van der Waals surface area contributed by atoms with Crippen molar-refractivity contribution in [3.63, 3.8) is 0 Å². The number of hydrogen-bond donors (Lipinski definition) is 1. The molecule has 0 aromatic carbocycles. The molecule has 3 heterocycles. The van der Waals surface area contributed by atoms with Gasteiger partial charge in [0.25, 0.3) is 0 Å². The Morgan fingerprint density at radius 2 is 2.43 bits per heavy atom. The average Bonchev–Trinajstić information content (AvgIpc) is 3.21. The van der Waals surface area contributed by atoms with Crippen molar-refractivity contribution < 1.29 is 19.1 Å². The van der Waals surface area contributed by atoms with Gasteiger partial charge in [-0.15, -0.1) is 0 Å². The van der Waals surface area contributed by atoms with Gasteiger partial charge in [-0.3, -0.25) is 4.90 Å². The van der Waals surface area contributed by atoms with Crippen molar-refractivity contribution in [2.45, 2.75) is 51.2 Å². The third kappa shape index (κ3) is 2.26. The monoisotopic (exact) mass is 294 g/mol. The first-order chi connectivity index (χ1) is 10.1. The van der Waals surface area contributed by atoms with Crippen LogP contribution in [0.5, 0.6) is 0 Å². The topological polar surface area (TPSA) is 75.8 Å². The SMILES string of the molecule is CC[C@]1(CO)C[C@H]2CC[C@@H]1N2Cc1nc(C(=O)OC)co1. The molecular weight excluding hydrogens is 272 g/mol. The van der Waals surface area contributed by atoms with E-state index in [-0.39, 0.29) is 17.7 Å². The summed E-state index contributed by atoms with van der Waals surface area (Å²) in [7, 11) is 1.33. The van der Waals surface area contributed by atoms with E-state index < -0.39 is 5.97 Å². The van der Waals surface area contributed by atoms with Crippen LogP contribution in [0.15, 0.2) is 10.7 Å². The second kappa shape index (κ2) is 5.42. The molecular formula is C15H22N2O4. The van der Waals surface area contributed by atoms with E-state index in [1.165, 1.54) is 13.4 Å². The van der Waals surface area contributed by atoms with Crippen molar-refractivity contribution in [2.24, 2.45) is 5.41 Å². The number of carbonyl (C=O) groups is 1. The molecule has 21 heavy (non-hydrogen) atoms. The van der Waals surface area contributed by atoms with Gasteiger partial charge in [-0.1, -0.05) is 6.92 Å². The highest BCUT2D eigenvalue weighted by Crippen LogP contribution is 2.51. The number of aliphatic hydroxyl groups is 1. The highest BCUT2D eigenvalue weighted by atomic mass is 16.5. The number of fused-ring (bicyclic) bond motifs is 2. The van der Waals surface area contributed by atoms with E-state index in [0.29, 0.717) is 24.5 Å². The molecule has 3 atom stereocenters. The van der Waals surface area contributed by atoms with Gasteiger partial charge in [-0.2, -0.15) is 0 Å². The first kappa shape index (κ1) is 14.5. The molecule has 0 radical (unpaired) electrons. The number of ether oxygens (including phenoxy) is 1. The van der Waals surface area contributed by atoms with Gasteiger partial charge in [0, 0.05) is 17.5 Å². The van der Waals surface area contributed by atoms with Gasteiger partial charge < -0.3 is 14.3 Å². The minimum Gasteiger partial charge on any atom is -0.464 e. The highest BCUT2D eigenvalue weighted by molar-refractivity contribution is 5.86. The quantitative estimate of drug-likeness (QED) is 0.831. The molecule has 6 heteroatoms. The molecule has 2 aliphatic heterocycles. The van der Waals surface area contributed by atoms with Gasteiger partial charge in [0.1, 0.15) is 6.26 Å². The molecule has 116 valence electrons. The molecule has 0 unspecified atom stereocenters. The summed E-state index contributed by atoms with van der Waals surface area (Å²) in [6.45, 7) is 2.98. The highest BCUT2D eigenvalue weighted by Gasteiger charge is 2.54. The molecule has 0 saturated carbocycles. The zero-order valence-corrected chi connectivity index (χ0v) is 12.5. The van der Waals surface area contributed by atoms with Crippen molar-refractivity contribution in [1.82, 2.24) is 9.88 Å². The van der Waals surface area contributed by atoms with Gasteiger partial charge in [0.2, 0.25) is 5.89 Å². The summed E-state index contributed by atoms with van der Waals surface area (Å²) in [6.07, 6.45) is 5.65. The Kier molecular flexibility index (Phi) is 3.75. The number of esters is 1. The van der Waals surface area contributed by atoms with Crippen LogP contribution in [-0.2, 0) is 11.3 Å². The summed E-state index contributed by atoms with van der Waals surface area (Å²) < 4.78 is 10.0. The van der Waals surface area contributed by atoms with E-state index in [1.54, 1.807) is 0 Å². The lowest BCUT2D eigenvalue weighted by Crippen LogP contribution is -2.39. The number of aliphatic hydroxyl groups excluding tert-OH is 1. The van der Waals surface area contributed by atoms with E-state index in [9.17, 15) is 9.90 Å². The van der Waals surface area contributed by atoms with E-state index in [2.05, 4.69) is 21.5 Å². The molecule has 2 bridgehead atoms. The van der Waals surface area contributed by atoms with Crippen LogP contribution >= 0.6 is 0 Å². The minimum atomic E-state index is -0.479. The van der Waals surface area contributed by atoms with Crippen LogP contribution in [0.1, 0.15) is 49.0 Å². The van der Waals surface area contributed by atoms with Crippen molar-refractivity contribution in [2.75, 3.05) is 13.7 Å². The molecule has 0 spiro atoms. The summed E-state index contributed by atoms with van der Waals surface area (Å²) in [5.41, 5.74) is 0.226. The molecule has 0 aliphatic carbocycles. The number of rotatable bonds is 5. The number of aromatic nitrogens is 1. The molecule has 1 aromatic heterocycles. The Morgan fingerprint density at radius 1 is 1.62 bits per heavy atom. The molecule has 2 saturated heterocycles. The van der Waals surface area contributed by atoms with Crippen molar-refractivity contribution in [3.05, 3.63) is 17.8 Å². The van der Waals surface area contributed by atoms with Crippen LogP contribution in [-0.4, -0.2) is 46.8 Å². The first-order valence-electron chi connectivity index (χ1n) is 7.53. The summed E-state index contributed by atoms with van der Waals surface area (Å²) >= 11 is 0. The lowest BCUT2D eigenvalue weighted by Gasteiger charge is -2.35. The fraction of sp³-hybridized carbons (Fsp3) is 0.733. The molecule has 3 rings (SSSR count). The zero-order chi connectivity index (χ0) is 15.0. The van der Waals surface area contributed by atoms with Crippen LogP contribution in [0.2, 0.25) is 0 Å². The van der Waals surface area contributed by atoms with Crippen molar-refractivity contribution >= 4 is 5.97 Å². The number of oxazole rings is 1. The maximum absolute atomic E-state index is 11.4. The van der Waals surface area contributed by atoms with Gasteiger partial charge in [-0.05, 0) is 25.7 Å². The number of carbonyl (C=O) groups excluding carboxylic acids is 1. The largest absolute Gasteiger partial charge is 0.464 e. The normalized spacial score (nSPS) is 31.8. The van der Waals surface area contributed by atoms with Gasteiger partial charge in [0.15, 0.2) is 5.69 Å². The Hall–Kier alpha value is -1.40. The van der Waals surface area contributed by atoms with E-state index in [0.717, 1.165) is 25.7 Å². The lowest BCUT2D eigenvalue weighted by atomic mass is 9.72. The first-order valence-corrected chi connectivity index (χ1v) is 7.53. The lowest BCUT2D eigenvalue weighted by molar-refractivity contribution is 0.0593. The number of hydrogen-bond acceptors (Lipinski definition) is 6. The Morgan fingerprint density at radius 3 is 3.05 bits per heavy atom. The van der Waals surface area contributed by atoms with E-state index in [4.69, 9.17) is 4.42 Å². The van der Waals surface area contributed by atoms with Crippen LogP contribution in [0.25, 0.3) is 0 Å². The molecule has 1 N–H and O–H groups in total. The standard InChI is InChI=1S/C15H22N2O4/c1-3-15(9-18)6-10-4-5-12(15)17(10)7-13-16-11(8-21-13)14(19)20-2/h8,10,12,18H,3-7,9H2,1-2H3/t10-,12+,15-/m1/s1. The fourth-order valence-electron chi connectivity index (χ4n) is 4.06. The van der Waals surface area contributed by atoms with Crippen molar-refractivity contribution in [1.29, 1.82) is 0 Å². The second-order valence-electron chi connectivity index (χ2n) is 6.12. The summed E-state index contributed by atoms with van der Waals surface area (Å²) in [5.74, 6) is 0.0600. The third-order valence-electron chi connectivity index (χ3n) is 5.27. The Labute approximate surface area is 124 Å². The van der Waals surface area contributed by atoms with E-state index in [1.807, 2.05) is 0 Å². The maximum atomic E-state index is 11.4. The predicted molar refractivity (Wildman–Crippen MR) is 74.6 cm³/mol. The Balaban J connectivity index is 1.74. The minimum absolute atomic E-state index is 0.0146. The van der Waals surface area contributed by atoms with Gasteiger partial charge >= 0.3 is 5.97 Å². The smallest absolute Gasteiger partial charge is 0.360 e. The fourth-order valence-corrected chi connectivity index (χ4v) is 4.06. The van der Waals surface area contributed by atoms with Gasteiger partial charge in [0.05, 0.1) is 20.3 Å². The van der Waals surface area contributed by atoms with E-state index >= 15 is 0 Å². The molecule has 6 nitrogen and oxygen atoms in total. The van der Waals surface area contributed by atoms with Gasteiger partial charge in [-0.25, -0.2) is 9.78 Å². The second-order valence-corrected chi connectivity index (χ2v) is 6.12. The Bertz CT molecular complexity index is 523. The molecule has 2 fully saturated rings. The van der Waals surface area contributed by atoms with Crippen LogP contribution < -0.4 is 0 Å². The summed E-state index contributed by atoms with van der Waals surface area (Å²) in [5, 5.41) is 9.80. The van der Waals surface area contributed by atoms with Crippen LogP contribution in [0.3, 0.4) is 0 Å². The maximum Gasteiger partial charge on any atom is 0.360 e. The number of nitrogens with zero attached hydrogens (tertiary/aromatic N) is 2. The average molecular weight is 294 g/mol. The third-order valence-corrected chi connectivity index (χ3v) is 5.27. The summed E-state index contributed by atoms with van der Waals surface area (Å²) in [4.78, 5) is 18.0. The summed E-state index contributed by atoms with van der Waals surface area (Å²) in [6, 6.07) is 0.863. The van der Waals surface area contributed by atoms with Crippen LogP contribution in [0.4, 0.5) is 0 Å². The molecule has 2 aliphatic rings. The predicted octanol–water partition coefficient (Wildman–Crippen LogP) is 1.59. The zero-order valence-electron chi connectivity index (χ0n) is 12.5.